The number of pyridine rings is 1. The molecule has 102 valence electrons. The number of nitrogens with zero attached hydrogens (tertiary/aromatic N) is 2. The molecular weight excluding hydrogens is 261 g/mol. The first kappa shape index (κ1) is 13.7. The maximum atomic E-state index is 13.2. The van der Waals surface area contributed by atoms with Gasteiger partial charge in [-0.15, -0.1) is 0 Å². The number of hydrogen-bond acceptors (Lipinski definition) is 4. The van der Waals surface area contributed by atoms with Crippen molar-refractivity contribution in [2.45, 2.75) is 0 Å². The number of aromatic nitrogens is 1. The van der Waals surface area contributed by atoms with Crippen LogP contribution in [0.1, 0.15) is 5.69 Å². The van der Waals surface area contributed by atoms with E-state index < -0.39 is 11.7 Å². The van der Waals surface area contributed by atoms with Gasteiger partial charge < -0.3 is 4.74 Å². The Hall–Kier alpha value is -2.76. The van der Waals surface area contributed by atoms with Crippen LogP contribution in [0.4, 0.5) is 4.39 Å². The van der Waals surface area contributed by atoms with E-state index in [0.29, 0.717) is 5.69 Å². The topological polar surface area (TPSA) is 63.6 Å². The molecule has 0 radical (unpaired) electrons. The Bertz CT molecular complexity index is 602. The summed E-state index contributed by atoms with van der Waals surface area (Å²) in [4.78, 5) is 15.4. The molecule has 0 aliphatic carbocycles. The normalized spacial score (nSPS) is 10.4. The summed E-state index contributed by atoms with van der Waals surface area (Å²) in [6.07, 6.45) is 3.02. The summed E-state index contributed by atoms with van der Waals surface area (Å²) in [5.41, 5.74) is 2.88. The molecule has 2 aromatic rings. The number of hydrogen-bond donors (Lipinski definition) is 1. The third-order valence-corrected chi connectivity index (χ3v) is 2.27. The molecule has 1 amide bonds. The molecule has 0 aliphatic heterocycles. The summed E-state index contributed by atoms with van der Waals surface area (Å²) in [7, 11) is 0. The van der Waals surface area contributed by atoms with E-state index in [4.69, 9.17) is 4.74 Å². The second-order valence-electron chi connectivity index (χ2n) is 3.77. The number of benzene rings is 1. The molecule has 6 heteroatoms. The van der Waals surface area contributed by atoms with Gasteiger partial charge in [0.2, 0.25) is 0 Å². The average Bonchev–Trinajstić information content (AvgIpc) is 2.47. The van der Waals surface area contributed by atoms with Crippen LogP contribution in [0, 0.1) is 5.82 Å². The average molecular weight is 273 g/mol. The van der Waals surface area contributed by atoms with Gasteiger partial charge in [-0.3, -0.25) is 9.78 Å². The van der Waals surface area contributed by atoms with E-state index in [9.17, 15) is 9.18 Å². The van der Waals surface area contributed by atoms with E-state index in [2.05, 4.69) is 15.5 Å². The lowest BCUT2D eigenvalue weighted by Crippen LogP contribution is -2.24. The van der Waals surface area contributed by atoms with E-state index in [1.165, 1.54) is 18.3 Å². The fraction of sp³-hybridized carbons (Fsp3) is 0.0714. The van der Waals surface area contributed by atoms with E-state index in [1.54, 1.807) is 36.5 Å². The Kier molecular flexibility index (Phi) is 4.77. The highest BCUT2D eigenvalue weighted by Crippen LogP contribution is 2.14. The van der Waals surface area contributed by atoms with Crippen LogP contribution in [-0.4, -0.2) is 23.7 Å². The second-order valence-corrected chi connectivity index (χ2v) is 3.77. The van der Waals surface area contributed by atoms with Crippen LogP contribution >= 0.6 is 0 Å². The molecule has 5 nitrogen and oxygen atoms in total. The van der Waals surface area contributed by atoms with Gasteiger partial charge in [-0.25, -0.2) is 9.82 Å². The van der Waals surface area contributed by atoms with Crippen molar-refractivity contribution in [1.29, 1.82) is 0 Å². The Morgan fingerprint density at radius 2 is 2.10 bits per heavy atom. The lowest BCUT2D eigenvalue weighted by molar-refractivity contribution is -0.123. The maximum absolute atomic E-state index is 13.2. The molecule has 0 aliphatic rings. The van der Waals surface area contributed by atoms with Crippen LogP contribution < -0.4 is 10.2 Å². The Labute approximate surface area is 115 Å². The molecule has 0 saturated heterocycles. The number of carbonyl (C=O) groups is 1. The third kappa shape index (κ3) is 4.16. The minimum atomic E-state index is -0.516. The minimum absolute atomic E-state index is 0.0244. The zero-order chi connectivity index (χ0) is 14.2. The molecule has 0 bridgehead atoms. The van der Waals surface area contributed by atoms with E-state index in [1.807, 2.05) is 0 Å². The fourth-order valence-electron chi connectivity index (χ4n) is 1.36. The van der Waals surface area contributed by atoms with Crippen molar-refractivity contribution < 1.29 is 13.9 Å². The van der Waals surface area contributed by atoms with Crippen molar-refractivity contribution in [3.8, 4) is 5.75 Å². The standard InChI is InChI=1S/C14H12FN3O2/c15-12-6-1-2-7-13(12)20-10-14(19)18-17-9-11-5-3-4-8-16-11/h1-9H,10H2,(H,18,19)/b17-9+. The molecule has 0 fully saturated rings. The van der Waals surface area contributed by atoms with Crippen molar-refractivity contribution in [2.24, 2.45) is 5.10 Å². The summed E-state index contributed by atoms with van der Waals surface area (Å²) in [5, 5.41) is 3.72. The van der Waals surface area contributed by atoms with Crippen LogP contribution in [0.3, 0.4) is 0 Å². The second kappa shape index (κ2) is 6.98. The van der Waals surface area contributed by atoms with Gasteiger partial charge in [0.05, 0.1) is 11.9 Å². The molecule has 0 saturated carbocycles. The van der Waals surface area contributed by atoms with Crippen LogP contribution in [0.5, 0.6) is 5.75 Å². The quantitative estimate of drug-likeness (QED) is 0.666. The first-order chi connectivity index (χ1) is 9.75. The van der Waals surface area contributed by atoms with E-state index in [0.717, 1.165) is 0 Å². The van der Waals surface area contributed by atoms with Gasteiger partial charge in [-0.1, -0.05) is 18.2 Å². The highest BCUT2D eigenvalue weighted by atomic mass is 19.1. The van der Waals surface area contributed by atoms with Crippen LogP contribution in [-0.2, 0) is 4.79 Å². The predicted octanol–water partition coefficient (Wildman–Crippen LogP) is 1.75. The summed E-state index contributed by atoms with van der Waals surface area (Å²) in [6.45, 7) is -0.319. The molecule has 1 heterocycles. The monoisotopic (exact) mass is 273 g/mol. The van der Waals surface area contributed by atoms with Gasteiger partial charge in [0.25, 0.3) is 5.91 Å². The number of amides is 1. The Morgan fingerprint density at radius 3 is 2.85 bits per heavy atom. The van der Waals surface area contributed by atoms with Crippen molar-refractivity contribution in [3.05, 3.63) is 60.2 Å². The largest absolute Gasteiger partial charge is 0.481 e. The Balaban J connectivity index is 1.79. The number of ether oxygens (including phenoxy) is 1. The van der Waals surface area contributed by atoms with Crippen molar-refractivity contribution in [1.82, 2.24) is 10.4 Å². The zero-order valence-electron chi connectivity index (χ0n) is 10.5. The highest BCUT2D eigenvalue weighted by molar-refractivity contribution is 5.81. The molecule has 1 N–H and O–H groups in total. The summed E-state index contributed by atoms with van der Waals surface area (Å²) < 4.78 is 18.2. The van der Waals surface area contributed by atoms with Gasteiger partial charge >= 0.3 is 0 Å². The van der Waals surface area contributed by atoms with Crippen molar-refractivity contribution in [2.75, 3.05) is 6.61 Å². The molecule has 2 rings (SSSR count). The lowest BCUT2D eigenvalue weighted by atomic mass is 10.3. The number of carbonyl (C=O) groups excluding carboxylic acids is 1. The van der Waals surface area contributed by atoms with Gasteiger partial charge in [-0.05, 0) is 24.3 Å². The molecule has 1 aromatic heterocycles. The smallest absolute Gasteiger partial charge is 0.277 e. The minimum Gasteiger partial charge on any atom is -0.481 e. The van der Waals surface area contributed by atoms with Crippen LogP contribution in [0.2, 0.25) is 0 Å². The molecule has 0 spiro atoms. The van der Waals surface area contributed by atoms with Gasteiger partial charge in [0.15, 0.2) is 18.2 Å². The highest BCUT2D eigenvalue weighted by Gasteiger charge is 2.04. The van der Waals surface area contributed by atoms with E-state index >= 15 is 0 Å². The van der Waals surface area contributed by atoms with E-state index in [-0.39, 0.29) is 12.4 Å². The lowest BCUT2D eigenvalue weighted by Gasteiger charge is -2.05. The SMILES string of the molecule is O=C(COc1ccccc1F)N/N=C/c1ccccn1. The first-order valence-electron chi connectivity index (χ1n) is 5.86. The summed E-state index contributed by atoms with van der Waals surface area (Å²) >= 11 is 0. The van der Waals surface area contributed by atoms with Gasteiger partial charge in [0, 0.05) is 6.20 Å². The predicted molar refractivity (Wildman–Crippen MR) is 71.9 cm³/mol. The summed E-state index contributed by atoms with van der Waals surface area (Å²) in [6, 6.07) is 11.2. The maximum Gasteiger partial charge on any atom is 0.277 e. The number of para-hydroxylation sites is 1. The molecule has 0 unspecified atom stereocenters. The van der Waals surface area contributed by atoms with Crippen LogP contribution in [0.15, 0.2) is 53.8 Å². The van der Waals surface area contributed by atoms with Crippen molar-refractivity contribution in [3.63, 3.8) is 0 Å². The summed E-state index contributed by atoms with van der Waals surface area (Å²) in [5.74, 6) is -0.978. The molecular formula is C14H12FN3O2. The number of rotatable bonds is 5. The van der Waals surface area contributed by atoms with Gasteiger partial charge in [0.1, 0.15) is 0 Å². The van der Waals surface area contributed by atoms with Crippen LogP contribution in [0.25, 0.3) is 0 Å². The molecule has 1 aromatic carbocycles. The Morgan fingerprint density at radius 1 is 1.30 bits per heavy atom. The first-order valence-corrected chi connectivity index (χ1v) is 5.86. The third-order valence-electron chi connectivity index (χ3n) is 2.27. The van der Waals surface area contributed by atoms with Gasteiger partial charge in [-0.2, -0.15) is 5.10 Å². The van der Waals surface area contributed by atoms with Crippen molar-refractivity contribution >= 4 is 12.1 Å². The molecule has 0 atom stereocenters. The molecule has 20 heavy (non-hydrogen) atoms. The number of halogens is 1. The number of nitrogens with one attached hydrogen (secondary N) is 1. The zero-order valence-corrected chi connectivity index (χ0v) is 10.5. The number of hydrazone groups is 1. The fourth-order valence-corrected chi connectivity index (χ4v) is 1.36.